The van der Waals surface area contributed by atoms with Crippen molar-refractivity contribution in [3.63, 3.8) is 0 Å². The number of β-amino-alcohol motifs (C(OH)–C–C–N with tert-alkyl or cyclic N) is 1. The van der Waals surface area contributed by atoms with Crippen LogP contribution in [-0.2, 0) is 11.3 Å². The van der Waals surface area contributed by atoms with Crippen LogP contribution < -0.4 is 10.2 Å². The van der Waals surface area contributed by atoms with Crippen molar-refractivity contribution in [2.75, 3.05) is 24.5 Å². The van der Waals surface area contributed by atoms with E-state index in [-0.39, 0.29) is 12.5 Å². The number of aliphatic hydroxyl groups is 1. The van der Waals surface area contributed by atoms with Crippen molar-refractivity contribution >= 4 is 11.7 Å². The van der Waals surface area contributed by atoms with Crippen molar-refractivity contribution in [2.45, 2.75) is 31.9 Å². The third-order valence-electron chi connectivity index (χ3n) is 4.46. The Kier molecular flexibility index (Phi) is 4.98. The molecule has 1 aliphatic heterocycles. The van der Waals surface area contributed by atoms with Crippen LogP contribution >= 0.6 is 0 Å². The highest BCUT2D eigenvalue weighted by atomic mass is 19.1. The highest BCUT2D eigenvalue weighted by Crippen LogP contribution is 2.25. The molecule has 25 heavy (non-hydrogen) atoms. The van der Waals surface area contributed by atoms with Crippen LogP contribution in [0.25, 0.3) is 0 Å². The van der Waals surface area contributed by atoms with Gasteiger partial charge in [0.25, 0.3) is 0 Å². The second kappa shape index (κ2) is 7.18. The first-order chi connectivity index (χ1) is 12.0. The number of hydrogen-bond acceptors (Lipinski definition) is 5. The Morgan fingerprint density at radius 1 is 1.44 bits per heavy atom. The minimum atomic E-state index is -1.01. The van der Waals surface area contributed by atoms with Gasteiger partial charge in [0.05, 0.1) is 6.20 Å². The highest BCUT2D eigenvalue weighted by molar-refractivity contribution is 5.75. The van der Waals surface area contributed by atoms with E-state index < -0.39 is 11.4 Å². The zero-order valence-corrected chi connectivity index (χ0v) is 14.2. The highest BCUT2D eigenvalue weighted by Gasteiger charge is 2.36. The summed E-state index contributed by atoms with van der Waals surface area (Å²) < 4.78 is 14.7. The first kappa shape index (κ1) is 17.3. The molecule has 1 amide bonds. The number of amides is 1. The van der Waals surface area contributed by atoms with Gasteiger partial charge in [0.2, 0.25) is 5.91 Å². The summed E-state index contributed by atoms with van der Waals surface area (Å²) in [6, 6.07) is 4.82. The van der Waals surface area contributed by atoms with Crippen molar-refractivity contribution in [2.24, 2.45) is 0 Å². The van der Waals surface area contributed by atoms with Crippen LogP contribution in [-0.4, -0.2) is 51.0 Å². The van der Waals surface area contributed by atoms with Gasteiger partial charge in [-0.25, -0.2) is 9.37 Å². The molecule has 0 spiro atoms. The van der Waals surface area contributed by atoms with Crippen LogP contribution in [0.15, 0.2) is 30.6 Å². The summed E-state index contributed by atoms with van der Waals surface area (Å²) in [6.45, 7) is 3.59. The molecule has 7 nitrogen and oxygen atoms in total. The van der Waals surface area contributed by atoms with Gasteiger partial charge in [-0.15, -0.1) is 0 Å². The lowest BCUT2D eigenvalue weighted by Crippen LogP contribution is -2.45. The van der Waals surface area contributed by atoms with Gasteiger partial charge >= 0.3 is 0 Å². The molecule has 134 valence electrons. The first-order valence-corrected chi connectivity index (χ1v) is 8.29. The second-order valence-electron chi connectivity index (χ2n) is 6.45. The average Bonchev–Trinajstić information content (AvgIpc) is 3.18. The zero-order chi connectivity index (χ0) is 17.9. The molecule has 1 aliphatic rings. The fourth-order valence-corrected chi connectivity index (χ4v) is 2.94. The van der Waals surface area contributed by atoms with Crippen LogP contribution in [0, 0.1) is 12.7 Å². The van der Waals surface area contributed by atoms with Gasteiger partial charge in [0, 0.05) is 44.5 Å². The Morgan fingerprint density at radius 2 is 2.28 bits per heavy atom. The molecule has 0 aromatic carbocycles. The number of carbonyl (C=O) groups is 1. The Labute approximate surface area is 145 Å². The molecule has 2 aromatic heterocycles. The summed E-state index contributed by atoms with van der Waals surface area (Å²) in [4.78, 5) is 17.9. The summed E-state index contributed by atoms with van der Waals surface area (Å²) in [5.41, 5.74) is -0.00229. The number of anilines is 1. The maximum atomic E-state index is 13.0. The standard InChI is InChI=1S/C17H22FN5O2/c1-13-4-7-21-23(13)8-5-16(24)20-11-17(25)6-9-22(12-17)15-3-2-14(18)10-19-15/h2-4,7,10,25H,5-6,8-9,11-12H2,1H3,(H,20,24). The van der Waals surface area contributed by atoms with Gasteiger partial charge < -0.3 is 15.3 Å². The van der Waals surface area contributed by atoms with Crippen molar-refractivity contribution < 1.29 is 14.3 Å². The summed E-state index contributed by atoms with van der Waals surface area (Å²) in [5.74, 6) is 0.109. The van der Waals surface area contributed by atoms with E-state index in [1.165, 1.54) is 6.07 Å². The smallest absolute Gasteiger partial charge is 0.221 e. The Balaban J connectivity index is 1.47. The molecule has 3 heterocycles. The van der Waals surface area contributed by atoms with E-state index in [1.54, 1.807) is 16.9 Å². The van der Waals surface area contributed by atoms with E-state index in [1.807, 2.05) is 17.9 Å². The number of nitrogens with zero attached hydrogens (tertiary/aromatic N) is 4. The normalized spacial score (nSPS) is 20.0. The number of aromatic nitrogens is 3. The van der Waals surface area contributed by atoms with Gasteiger partial charge in [-0.1, -0.05) is 0 Å². The van der Waals surface area contributed by atoms with E-state index >= 15 is 0 Å². The molecule has 1 unspecified atom stereocenters. The topological polar surface area (TPSA) is 83.3 Å². The van der Waals surface area contributed by atoms with Gasteiger partial charge in [0.1, 0.15) is 17.2 Å². The molecule has 0 radical (unpaired) electrons. The molecule has 3 rings (SSSR count). The molecule has 8 heteroatoms. The van der Waals surface area contributed by atoms with Gasteiger partial charge in [-0.2, -0.15) is 5.10 Å². The summed E-state index contributed by atoms with van der Waals surface area (Å²) in [5, 5.41) is 17.6. The van der Waals surface area contributed by atoms with Crippen molar-refractivity contribution in [3.05, 3.63) is 42.1 Å². The number of hydrogen-bond donors (Lipinski definition) is 2. The lowest BCUT2D eigenvalue weighted by atomic mass is 10.0. The van der Waals surface area contributed by atoms with E-state index in [9.17, 15) is 14.3 Å². The lowest BCUT2D eigenvalue weighted by molar-refractivity contribution is -0.122. The summed E-state index contributed by atoms with van der Waals surface area (Å²) in [7, 11) is 0. The van der Waals surface area contributed by atoms with Gasteiger partial charge in [-0.3, -0.25) is 9.48 Å². The van der Waals surface area contributed by atoms with Gasteiger partial charge in [0.15, 0.2) is 0 Å². The SMILES string of the molecule is Cc1ccnn1CCC(=O)NCC1(O)CCN(c2ccc(F)cn2)C1. The Morgan fingerprint density at radius 3 is 2.96 bits per heavy atom. The fraction of sp³-hybridized carbons (Fsp3) is 0.471. The van der Waals surface area contributed by atoms with Crippen LogP contribution in [0.4, 0.5) is 10.2 Å². The van der Waals surface area contributed by atoms with Crippen LogP contribution in [0.1, 0.15) is 18.5 Å². The first-order valence-electron chi connectivity index (χ1n) is 8.29. The molecule has 2 aromatic rings. The Bertz CT molecular complexity index is 733. The van der Waals surface area contributed by atoms with Crippen molar-refractivity contribution in [1.82, 2.24) is 20.1 Å². The summed E-state index contributed by atoms with van der Waals surface area (Å²) in [6.07, 6.45) is 3.69. The summed E-state index contributed by atoms with van der Waals surface area (Å²) >= 11 is 0. The molecule has 0 bridgehead atoms. The largest absolute Gasteiger partial charge is 0.386 e. The molecule has 1 atom stereocenters. The maximum absolute atomic E-state index is 13.0. The van der Waals surface area contributed by atoms with E-state index in [4.69, 9.17) is 0 Å². The van der Waals surface area contributed by atoms with Crippen LogP contribution in [0.5, 0.6) is 0 Å². The lowest BCUT2D eigenvalue weighted by Gasteiger charge is -2.24. The molecule has 1 saturated heterocycles. The van der Waals surface area contributed by atoms with Crippen molar-refractivity contribution in [3.8, 4) is 0 Å². The number of carbonyl (C=O) groups excluding carboxylic acids is 1. The molecule has 0 saturated carbocycles. The molecular weight excluding hydrogens is 325 g/mol. The average molecular weight is 347 g/mol. The van der Waals surface area contributed by atoms with Crippen LogP contribution in [0.3, 0.4) is 0 Å². The molecule has 0 aliphatic carbocycles. The third-order valence-corrected chi connectivity index (χ3v) is 4.46. The third kappa shape index (κ3) is 4.33. The zero-order valence-electron chi connectivity index (χ0n) is 14.2. The monoisotopic (exact) mass is 347 g/mol. The van der Waals surface area contributed by atoms with E-state index in [0.29, 0.717) is 38.3 Å². The van der Waals surface area contributed by atoms with Crippen molar-refractivity contribution in [1.29, 1.82) is 0 Å². The van der Waals surface area contributed by atoms with E-state index in [2.05, 4.69) is 15.4 Å². The number of aryl methyl sites for hydroxylation is 2. The molecule has 2 N–H and O–H groups in total. The minimum absolute atomic E-state index is 0.123. The second-order valence-corrected chi connectivity index (χ2v) is 6.45. The number of rotatable bonds is 6. The minimum Gasteiger partial charge on any atom is -0.386 e. The Hall–Kier alpha value is -2.48. The van der Waals surface area contributed by atoms with Crippen LogP contribution in [0.2, 0.25) is 0 Å². The quantitative estimate of drug-likeness (QED) is 0.810. The molecular formula is C17H22FN5O2. The van der Waals surface area contributed by atoms with Gasteiger partial charge in [-0.05, 0) is 31.5 Å². The number of halogens is 1. The predicted molar refractivity (Wildman–Crippen MR) is 90.6 cm³/mol. The molecule has 1 fully saturated rings. The maximum Gasteiger partial charge on any atom is 0.221 e. The fourth-order valence-electron chi connectivity index (χ4n) is 2.94. The number of nitrogens with one attached hydrogen (secondary N) is 1. The number of pyridine rings is 1. The van der Waals surface area contributed by atoms with E-state index in [0.717, 1.165) is 11.9 Å². The predicted octanol–water partition coefficient (Wildman–Crippen LogP) is 0.873.